The maximum atomic E-state index is 11.8. The van der Waals surface area contributed by atoms with Gasteiger partial charge in [-0.1, -0.05) is 18.6 Å². The van der Waals surface area contributed by atoms with Crippen LogP contribution in [0.4, 0.5) is 0 Å². The number of carbonyl (C=O) groups excluding carboxylic acids is 1. The first-order chi connectivity index (χ1) is 8.74. The minimum absolute atomic E-state index is 0.00422. The SMILES string of the molecule is O=C(OCC1CC2CCC1C2)c1ccccc1O. The third-order valence-corrected chi connectivity index (χ3v) is 4.44. The van der Waals surface area contributed by atoms with Crippen LogP contribution in [-0.4, -0.2) is 17.7 Å². The first kappa shape index (κ1) is 11.6. The van der Waals surface area contributed by atoms with Crippen LogP contribution in [-0.2, 0) is 4.74 Å². The number of fused-ring (bicyclic) bond motifs is 2. The molecular formula is C15H18O3. The Bertz CT molecular complexity index is 455. The fraction of sp³-hybridized carbons (Fsp3) is 0.533. The molecule has 0 saturated heterocycles. The minimum Gasteiger partial charge on any atom is -0.507 e. The molecule has 2 aliphatic rings. The lowest BCUT2D eigenvalue weighted by Gasteiger charge is -2.21. The number of carbonyl (C=O) groups is 1. The van der Waals surface area contributed by atoms with Crippen LogP contribution in [0.25, 0.3) is 0 Å². The summed E-state index contributed by atoms with van der Waals surface area (Å²) < 4.78 is 5.35. The van der Waals surface area contributed by atoms with Crippen LogP contribution in [0, 0.1) is 17.8 Å². The average molecular weight is 246 g/mol. The van der Waals surface area contributed by atoms with E-state index in [1.165, 1.54) is 31.7 Å². The van der Waals surface area contributed by atoms with Gasteiger partial charge in [0, 0.05) is 0 Å². The summed E-state index contributed by atoms with van der Waals surface area (Å²) in [7, 11) is 0. The largest absolute Gasteiger partial charge is 0.507 e. The summed E-state index contributed by atoms with van der Waals surface area (Å²) in [5.41, 5.74) is 0.264. The lowest BCUT2D eigenvalue weighted by atomic mass is 9.89. The predicted octanol–water partition coefficient (Wildman–Crippen LogP) is 2.99. The van der Waals surface area contributed by atoms with Gasteiger partial charge < -0.3 is 9.84 Å². The molecule has 2 aliphatic carbocycles. The summed E-state index contributed by atoms with van der Waals surface area (Å²) in [5, 5.41) is 9.58. The van der Waals surface area contributed by atoms with Crippen LogP contribution in [0.2, 0.25) is 0 Å². The van der Waals surface area contributed by atoms with Crippen molar-refractivity contribution in [3.8, 4) is 5.75 Å². The molecule has 3 atom stereocenters. The summed E-state index contributed by atoms with van der Waals surface area (Å²) in [5.74, 6) is 1.75. The number of ether oxygens (including phenoxy) is 1. The number of phenols is 1. The predicted molar refractivity (Wildman–Crippen MR) is 67.3 cm³/mol. The zero-order chi connectivity index (χ0) is 12.5. The molecule has 18 heavy (non-hydrogen) atoms. The van der Waals surface area contributed by atoms with Gasteiger partial charge >= 0.3 is 5.97 Å². The average Bonchev–Trinajstić information content (AvgIpc) is 2.98. The van der Waals surface area contributed by atoms with Crippen molar-refractivity contribution >= 4 is 5.97 Å². The van der Waals surface area contributed by atoms with E-state index >= 15 is 0 Å². The zero-order valence-electron chi connectivity index (χ0n) is 10.3. The second kappa shape index (κ2) is 4.63. The van der Waals surface area contributed by atoms with Crippen molar-refractivity contribution in [2.45, 2.75) is 25.7 Å². The van der Waals surface area contributed by atoms with Gasteiger partial charge in [-0.3, -0.25) is 0 Å². The monoisotopic (exact) mass is 246 g/mol. The van der Waals surface area contributed by atoms with Crippen molar-refractivity contribution in [1.29, 1.82) is 0 Å². The first-order valence-electron chi connectivity index (χ1n) is 6.69. The number of esters is 1. The van der Waals surface area contributed by atoms with Crippen molar-refractivity contribution < 1.29 is 14.6 Å². The van der Waals surface area contributed by atoms with E-state index in [1.807, 2.05) is 0 Å². The molecule has 0 spiro atoms. The lowest BCUT2D eigenvalue weighted by Crippen LogP contribution is -2.19. The quantitative estimate of drug-likeness (QED) is 0.834. The summed E-state index contributed by atoms with van der Waals surface area (Å²) in [6.07, 6.45) is 5.18. The zero-order valence-corrected chi connectivity index (χ0v) is 10.3. The van der Waals surface area contributed by atoms with Crippen LogP contribution in [0.5, 0.6) is 5.75 Å². The smallest absolute Gasteiger partial charge is 0.341 e. The Labute approximate surface area is 107 Å². The molecule has 2 bridgehead atoms. The molecule has 0 aromatic heterocycles. The van der Waals surface area contributed by atoms with Crippen molar-refractivity contribution in [2.24, 2.45) is 17.8 Å². The van der Waals surface area contributed by atoms with Gasteiger partial charge in [0.25, 0.3) is 0 Å². The Morgan fingerprint density at radius 3 is 2.78 bits per heavy atom. The Morgan fingerprint density at radius 1 is 1.28 bits per heavy atom. The second-order valence-corrected chi connectivity index (χ2v) is 5.55. The summed E-state index contributed by atoms with van der Waals surface area (Å²) in [6, 6.07) is 6.53. The molecule has 2 fully saturated rings. The molecule has 96 valence electrons. The van der Waals surface area contributed by atoms with Crippen LogP contribution in [0.3, 0.4) is 0 Å². The minimum atomic E-state index is -0.407. The maximum Gasteiger partial charge on any atom is 0.341 e. The molecule has 0 heterocycles. The molecular weight excluding hydrogens is 228 g/mol. The Morgan fingerprint density at radius 2 is 2.11 bits per heavy atom. The fourth-order valence-corrected chi connectivity index (χ4v) is 3.49. The maximum absolute atomic E-state index is 11.8. The van der Waals surface area contributed by atoms with Gasteiger partial charge in [0.05, 0.1) is 6.61 Å². The molecule has 3 nitrogen and oxygen atoms in total. The van der Waals surface area contributed by atoms with Gasteiger partial charge in [0.2, 0.25) is 0 Å². The second-order valence-electron chi connectivity index (χ2n) is 5.55. The van der Waals surface area contributed by atoms with E-state index < -0.39 is 5.97 Å². The highest BCUT2D eigenvalue weighted by atomic mass is 16.5. The number of hydrogen-bond donors (Lipinski definition) is 1. The molecule has 0 amide bonds. The summed E-state index contributed by atoms with van der Waals surface area (Å²) in [4.78, 5) is 11.8. The Balaban J connectivity index is 1.57. The van der Waals surface area contributed by atoms with E-state index in [1.54, 1.807) is 18.2 Å². The van der Waals surface area contributed by atoms with Crippen molar-refractivity contribution in [3.63, 3.8) is 0 Å². The molecule has 1 aromatic rings. The van der Waals surface area contributed by atoms with E-state index in [0.29, 0.717) is 12.5 Å². The highest BCUT2D eigenvalue weighted by molar-refractivity contribution is 5.92. The highest BCUT2D eigenvalue weighted by Gasteiger charge is 2.39. The van der Waals surface area contributed by atoms with E-state index in [0.717, 1.165) is 11.8 Å². The van der Waals surface area contributed by atoms with Crippen LogP contribution >= 0.6 is 0 Å². The number of aromatic hydroxyl groups is 1. The fourth-order valence-electron chi connectivity index (χ4n) is 3.49. The van der Waals surface area contributed by atoms with E-state index in [4.69, 9.17) is 4.74 Å². The van der Waals surface area contributed by atoms with E-state index in [2.05, 4.69) is 0 Å². The normalized spacial score (nSPS) is 29.4. The number of para-hydroxylation sites is 1. The van der Waals surface area contributed by atoms with Gasteiger partial charge in [0.1, 0.15) is 11.3 Å². The number of phenolic OH excluding ortho intramolecular Hbond substituents is 1. The van der Waals surface area contributed by atoms with Gasteiger partial charge in [0.15, 0.2) is 0 Å². The van der Waals surface area contributed by atoms with E-state index in [-0.39, 0.29) is 11.3 Å². The third-order valence-electron chi connectivity index (χ3n) is 4.44. The molecule has 1 N–H and O–H groups in total. The lowest BCUT2D eigenvalue weighted by molar-refractivity contribution is 0.0391. The Hall–Kier alpha value is -1.51. The summed E-state index contributed by atoms with van der Waals surface area (Å²) >= 11 is 0. The highest BCUT2D eigenvalue weighted by Crippen LogP contribution is 2.48. The van der Waals surface area contributed by atoms with E-state index in [9.17, 15) is 9.90 Å². The van der Waals surface area contributed by atoms with Crippen molar-refractivity contribution in [1.82, 2.24) is 0 Å². The molecule has 2 saturated carbocycles. The number of benzene rings is 1. The first-order valence-corrected chi connectivity index (χ1v) is 6.69. The topological polar surface area (TPSA) is 46.5 Å². The third kappa shape index (κ3) is 2.09. The molecule has 3 rings (SSSR count). The number of rotatable bonds is 3. The van der Waals surface area contributed by atoms with Crippen molar-refractivity contribution in [3.05, 3.63) is 29.8 Å². The molecule has 0 radical (unpaired) electrons. The van der Waals surface area contributed by atoms with Crippen LogP contribution in [0.1, 0.15) is 36.0 Å². The Kier molecular flexibility index (Phi) is 2.98. The van der Waals surface area contributed by atoms with Crippen molar-refractivity contribution in [2.75, 3.05) is 6.61 Å². The van der Waals surface area contributed by atoms with Crippen LogP contribution < -0.4 is 0 Å². The standard InChI is InChI=1S/C15H18O3/c16-14-4-2-1-3-13(14)15(17)18-9-12-8-10-5-6-11(12)7-10/h1-4,10-12,16H,5-9H2. The van der Waals surface area contributed by atoms with Gasteiger partial charge in [-0.15, -0.1) is 0 Å². The number of hydrogen-bond acceptors (Lipinski definition) is 3. The van der Waals surface area contributed by atoms with Gasteiger partial charge in [-0.25, -0.2) is 4.79 Å². The van der Waals surface area contributed by atoms with Gasteiger partial charge in [-0.05, 0) is 49.1 Å². The molecule has 3 unspecified atom stereocenters. The molecule has 0 aliphatic heterocycles. The van der Waals surface area contributed by atoms with Gasteiger partial charge in [-0.2, -0.15) is 0 Å². The summed E-state index contributed by atoms with van der Waals surface area (Å²) in [6.45, 7) is 0.508. The molecule has 3 heteroatoms. The molecule has 1 aromatic carbocycles. The van der Waals surface area contributed by atoms with Crippen LogP contribution in [0.15, 0.2) is 24.3 Å².